The van der Waals surface area contributed by atoms with Crippen LogP contribution in [0.5, 0.6) is 0 Å². The topological polar surface area (TPSA) is 25.8 Å². The summed E-state index contributed by atoms with van der Waals surface area (Å²) in [5, 5.41) is 0. The van der Waals surface area contributed by atoms with Gasteiger partial charge in [0.25, 0.3) is 0 Å². The molecule has 0 atom stereocenters. The van der Waals surface area contributed by atoms with Crippen LogP contribution < -0.4 is 0 Å². The van der Waals surface area contributed by atoms with Crippen LogP contribution in [0.3, 0.4) is 0 Å². The molecule has 0 unspecified atom stereocenters. The third kappa shape index (κ3) is 1.69. The first-order valence-electron chi connectivity index (χ1n) is 3.81. The van der Waals surface area contributed by atoms with Crippen LogP contribution in [0.25, 0.3) is 11.4 Å². The molecule has 0 aliphatic heterocycles. The highest BCUT2D eigenvalue weighted by atomic mass is 19.1. The van der Waals surface area contributed by atoms with Crippen molar-refractivity contribution in [1.82, 2.24) is 9.97 Å². The van der Waals surface area contributed by atoms with E-state index in [1.54, 1.807) is 24.5 Å². The molecular weight excluding hydrogens is 167 g/mol. The Labute approximate surface area is 75.1 Å². The molecule has 2 nitrogen and oxygen atoms in total. The highest BCUT2D eigenvalue weighted by molar-refractivity contribution is 5.53. The number of hydrogen-bond donors (Lipinski definition) is 0. The first-order chi connectivity index (χ1) is 6.36. The molecule has 0 aliphatic rings. The van der Waals surface area contributed by atoms with E-state index in [0.29, 0.717) is 11.4 Å². The van der Waals surface area contributed by atoms with Crippen molar-refractivity contribution in [3.63, 3.8) is 0 Å². The van der Waals surface area contributed by atoms with Crippen molar-refractivity contribution in [2.75, 3.05) is 0 Å². The van der Waals surface area contributed by atoms with Crippen LogP contribution in [0.1, 0.15) is 0 Å². The van der Waals surface area contributed by atoms with Crippen molar-refractivity contribution in [2.45, 2.75) is 0 Å². The molecule has 1 heterocycles. The second-order valence-electron chi connectivity index (χ2n) is 2.50. The molecule has 63 valence electrons. The molecular formula is C10H6FN2. The lowest BCUT2D eigenvalue weighted by molar-refractivity contribution is 0.626. The second-order valence-corrected chi connectivity index (χ2v) is 2.50. The summed E-state index contributed by atoms with van der Waals surface area (Å²) in [5.74, 6) is 0.125. The molecule has 1 aromatic carbocycles. The Morgan fingerprint density at radius 1 is 1.23 bits per heavy atom. The maximum Gasteiger partial charge on any atom is 0.159 e. The van der Waals surface area contributed by atoms with Gasteiger partial charge in [0.15, 0.2) is 5.82 Å². The van der Waals surface area contributed by atoms with Gasteiger partial charge < -0.3 is 0 Å². The van der Waals surface area contributed by atoms with Gasteiger partial charge in [-0.15, -0.1) is 0 Å². The Morgan fingerprint density at radius 2 is 2.00 bits per heavy atom. The summed E-state index contributed by atoms with van der Waals surface area (Å²) < 4.78 is 12.7. The number of benzene rings is 1. The van der Waals surface area contributed by atoms with Gasteiger partial charge in [-0.3, -0.25) is 0 Å². The van der Waals surface area contributed by atoms with Gasteiger partial charge in [0, 0.05) is 24.0 Å². The summed E-state index contributed by atoms with van der Waals surface area (Å²) in [6.07, 6.45) is 3.24. The average molecular weight is 173 g/mol. The molecule has 0 aliphatic carbocycles. The molecule has 2 rings (SSSR count). The number of halogens is 1. The molecule has 0 spiro atoms. The van der Waals surface area contributed by atoms with E-state index < -0.39 is 5.82 Å². The van der Waals surface area contributed by atoms with Crippen molar-refractivity contribution in [2.24, 2.45) is 0 Å². The average Bonchev–Trinajstić information content (AvgIpc) is 2.19. The fourth-order valence-corrected chi connectivity index (χ4v) is 1.02. The highest BCUT2D eigenvalue weighted by Crippen LogP contribution is 2.13. The van der Waals surface area contributed by atoms with Crippen LogP contribution in [-0.4, -0.2) is 9.97 Å². The van der Waals surface area contributed by atoms with Crippen LogP contribution in [0, 0.1) is 11.9 Å². The van der Waals surface area contributed by atoms with E-state index in [-0.39, 0.29) is 0 Å². The van der Waals surface area contributed by atoms with Crippen molar-refractivity contribution in [3.8, 4) is 11.4 Å². The zero-order valence-corrected chi connectivity index (χ0v) is 6.74. The van der Waals surface area contributed by atoms with Gasteiger partial charge in [-0.05, 0) is 12.1 Å². The minimum absolute atomic E-state index is 0.398. The van der Waals surface area contributed by atoms with Gasteiger partial charge in [-0.1, -0.05) is 12.1 Å². The quantitative estimate of drug-likeness (QED) is 0.659. The Kier molecular flexibility index (Phi) is 2.00. The summed E-state index contributed by atoms with van der Waals surface area (Å²) in [6.45, 7) is 0. The molecule has 0 saturated carbocycles. The predicted molar refractivity (Wildman–Crippen MR) is 46.3 cm³/mol. The third-order valence-electron chi connectivity index (χ3n) is 1.59. The lowest BCUT2D eigenvalue weighted by Gasteiger charge is -1.97. The molecule has 0 N–H and O–H groups in total. The normalized spacial score (nSPS) is 9.92. The number of aromatic nitrogens is 2. The molecule has 0 saturated heterocycles. The van der Waals surface area contributed by atoms with Crippen molar-refractivity contribution >= 4 is 0 Å². The molecule has 0 fully saturated rings. The first kappa shape index (κ1) is 7.86. The minimum atomic E-state index is -0.398. The van der Waals surface area contributed by atoms with Crippen LogP contribution in [-0.2, 0) is 0 Å². The van der Waals surface area contributed by atoms with Gasteiger partial charge in [0.2, 0.25) is 0 Å². The standard InChI is InChI=1S/C10H6FN2/c11-9-4-1-3-8(7-9)10-12-5-2-6-13-10/h1-3,5-7H. The molecule has 1 aromatic heterocycles. The van der Waals surface area contributed by atoms with Gasteiger partial charge in [-0.2, -0.15) is 0 Å². The van der Waals surface area contributed by atoms with Gasteiger partial charge >= 0.3 is 0 Å². The smallest absolute Gasteiger partial charge is 0.159 e. The molecule has 0 bridgehead atoms. The maximum atomic E-state index is 12.7. The zero-order valence-electron chi connectivity index (χ0n) is 6.74. The SMILES string of the molecule is Fc1[c]ccc(-c2ncccn2)c1. The fourth-order valence-electron chi connectivity index (χ4n) is 1.02. The number of nitrogens with zero attached hydrogens (tertiary/aromatic N) is 2. The monoisotopic (exact) mass is 173 g/mol. The predicted octanol–water partition coefficient (Wildman–Crippen LogP) is 2.08. The van der Waals surface area contributed by atoms with E-state index in [9.17, 15) is 4.39 Å². The number of rotatable bonds is 1. The summed E-state index contributed by atoms with van der Waals surface area (Å²) >= 11 is 0. The van der Waals surface area contributed by atoms with Gasteiger partial charge in [0.1, 0.15) is 5.82 Å². The summed E-state index contributed by atoms with van der Waals surface area (Å²) in [5.41, 5.74) is 0.664. The van der Waals surface area contributed by atoms with E-state index in [0.717, 1.165) is 0 Å². The summed E-state index contributed by atoms with van der Waals surface area (Å²) in [4.78, 5) is 8.00. The number of hydrogen-bond acceptors (Lipinski definition) is 2. The Morgan fingerprint density at radius 3 is 2.69 bits per heavy atom. The molecule has 0 amide bonds. The van der Waals surface area contributed by atoms with Crippen molar-refractivity contribution in [1.29, 1.82) is 0 Å². The lowest BCUT2D eigenvalue weighted by atomic mass is 10.2. The summed E-state index contributed by atoms with van der Waals surface area (Å²) in [7, 11) is 0. The van der Waals surface area contributed by atoms with E-state index in [1.165, 1.54) is 12.1 Å². The molecule has 2 aromatic rings. The van der Waals surface area contributed by atoms with Crippen LogP contribution in [0.4, 0.5) is 4.39 Å². The molecule has 13 heavy (non-hydrogen) atoms. The maximum absolute atomic E-state index is 12.7. The zero-order chi connectivity index (χ0) is 9.10. The highest BCUT2D eigenvalue weighted by Gasteiger charge is 1.99. The Balaban J connectivity index is 2.48. The fraction of sp³-hybridized carbons (Fsp3) is 0. The Hall–Kier alpha value is -1.77. The van der Waals surface area contributed by atoms with E-state index in [2.05, 4.69) is 16.0 Å². The molecule has 3 heteroatoms. The molecule has 1 radical (unpaired) electrons. The summed E-state index contributed by atoms with van der Waals surface area (Å²) in [6, 6.07) is 8.73. The minimum Gasteiger partial charge on any atom is -0.237 e. The third-order valence-corrected chi connectivity index (χ3v) is 1.59. The largest absolute Gasteiger partial charge is 0.237 e. The van der Waals surface area contributed by atoms with E-state index in [1.807, 2.05) is 0 Å². The van der Waals surface area contributed by atoms with Crippen molar-refractivity contribution in [3.05, 3.63) is 48.5 Å². The van der Waals surface area contributed by atoms with Crippen LogP contribution in [0.15, 0.2) is 36.7 Å². The second kappa shape index (κ2) is 3.31. The van der Waals surface area contributed by atoms with Crippen LogP contribution >= 0.6 is 0 Å². The van der Waals surface area contributed by atoms with Gasteiger partial charge in [0.05, 0.1) is 0 Å². The first-order valence-corrected chi connectivity index (χ1v) is 3.81. The van der Waals surface area contributed by atoms with Crippen LogP contribution in [0.2, 0.25) is 0 Å². The lowest BCUT2D eigenvalue weighted by Crippen LogP contribution is -1.87. The van der Waals surface area contributed by atoms with Gasteiger partial charge in [-0.25, -0.2) is 14.4 Å². The Bertz CT molecular complexity index is 401. The van der Waals surface area contributed by atoms with Crippen molar-refractivity contribution < 1.29 is 4.39 Å². The van der Waals surface area contributed by atoms with E-state index >= 15 is 0 Å². The van der Waals surface area contributed by atoms with E-state index in [4.69, 9.17) is 0 Å².